The zero-order valence-electron chi connectivity index (χ0n) is 19.8. The summed E-state index contributed by atoms with van der Waals surface area (Å²) in [6.07, 6.45) is -6.50. The Kier molecular flexibility index (Phi) is 9.05. The predicted molar refractivity (Wildman–Crippen MR) is 132 cm³/mol. The van der Waals surface area contributed by atoms with Gasteiger partial charge in [0, 0.05) is 0 Å². The highest BCUT2D eigenvalue weighted by molar-refractivity contribution is 5.66. The second kappa shape index (κ2) is 12.6. The number of aliphatic hydroxyl groups excluding tert-OH is 2. The molecule has 5 atom stereocenters. The predicted octanol–water partition coefficient (Wildman–Crippen LogP) is 3.42. The van der Waals surface area contributed by atoms with Crippen LogP contribution in [0.15, 0.2) is 91.0 Å². The summed E-state index contributed by atoms with van der Waals surface area (Å²) >= 11 is 0. The SMILES string of the molecule is O=C(O)N1[C@H](COCc2ccccc2)[C@@H](OCc2ccccc2)C(OCc2ccccc2)[C@H](O)[C@@H]1O. The second-order valence-corrected chi connectivity index (χ2v) is 8.68. The van der Waals surface area contributed by atoms with Crippen molar-refractivity contribution in [2.75, 3.05) is 6.61 Å². The summed E-state index contributed by atoms with van der Waals surface area (Å²) in [4.78, 5) is 13.0. The van der Waals surface area contributed by atoms with E-state index in [2.05, 4.69) is 0 Å². The molecule has 1 aliphatic heterocycles. The molecule has 0 saturated carbocycles. The van der Waals surface area contributed by atoms with Gasteiger partial charge < -0.3 is 29.5 Å². The average Bonchev–Trinajstić information content (AvgIpc) is 2.90. The number of hydrogen-bond donors (Lipinski definition) is 3. The zero-order chi connectivity index (χ0) is 25.3. The standard InChI is InChI=1S/C28H31NO7/c30-24-26(36-18-22-14-8-3-9-15-22)25(35-17-21-12-6-2-7-13-21)23(29(27(24)31)28(32)33)19-34-16-20-10-4-1-5-11-20/h1-15,23-27,30-31H,16-19H2,(H,32,33)/t23-,24+,25-,26?,27+/m1/s1. The van der Waals surface area contributed by atoms with Gasteiger partial charge in [0.25, 0.3) is 0 Å². The first-order valence-corrected chi connectivity index (χ1v) is 11.8. The van der Waals surface area contributed by atoms with E-state index in [0.717, 1.165) is 21.6 Å². The van der Waals surface area contributed by atoms with Gasteiger partial charge >= 0.3 is 6.09 Å². The molecule has 0 radical (unpaired) electrons. The number of carbonyl (C=O) groups is 1. The number of nitrogens with zero attached hydrogens (tertiary/aromatic N) is 1. The first-order chi connectivity index (χ1) is 17.5. The van der Waals surface area contributed by atoms with Crippen molar-refractivity contribution in [3.8, 4) is 0 Å². The van der Waals surface area contributed by atoms with Gasteiger partial charge in [-0.1, -0.05) is 91.0 Å². The van der Waals surface area contributed by atoms with Crippen LogP contribution in [0, 0.1) is 0 Å². The molecule has 1 fully saturated rings. The van der Waals surface area contributed by atoms with Crippen molar-refractivity contribution in [1.29, 1.82) is 0 Å². The number of rotatable bonds is 10. The number of ether oxygens (including phenoxy) is 3. The van der Waals surface area contributed by atoms with Gasteiger partial charge in [-0.2, -0.15) is 0 Å². The zero-order valence-corrected chi connectivity index (χ0v) is 19.8. The highest BCUT2D eigenvalue weighted by Gasteiger charge is 2.52. The van der Waals surface area contributed by atoms with Crippen molar-refractivity contribution in [3.63, 3.8) is 0 Å². The summed E-state index contributed by atoms with van der Waals surface area (Å²) in [6.45, 7) is 0.521. The van der Waals surface area contributed by atoms with Crippen LogP contribution in [0.1, 0.15) is 16.7 Å². The molecule has 1 saturated heterocycles. The highest BCUT2D eigenvalue weighted by atomic mass is 16.6. The summed E-state index contributed by atoms with van der Waals surface area (Å²) in [5, 5.41) is 31.6. The van der Waals surface area contributed by atoms with Crippen LogP contribution in [-0.4, -0.2) is 63.5 Å². The first kappa shape index (κ1) is 25.8. The van der Waals surface area contributed by atoms with Gasteiger partial charge in [-0.05, 0) is 16.7 Å². The molecule has 3 aromatic rings. The number of benzene rings is 3. The van der Waals surface area contributed by atoms with E-state index in [1.54, 1.807) is 0 Å². The maximum atomic E-state index is 12.2. The molecule has 1 unspecified atom stereocenters. The molecule has 4 rings (SSSR count). The molecular formula is C28H31NO7. The van der Waals surface area contributed by atoms with Gasteiger partial charge in [0.15, 0.2) is 6.23 Å². The Morgan fingerprint density at radius 1 is 0.694 bits per heavy atom. The van der Waals surface area contributed by atoms with Crippen molar-refractivity contribution < 1.29 is 34.3 Å². The van der Waals surface area contributed by atoms with E-state index >= 15 is 0 Å². The number of amides is 1. The summed E-state index contributed by atoms with van der Waals surface area (Å²) in [6, 6.07) is 27.4. The molecule has 1 heterocycles. The maximum absolute atomic E-state index is 12.2. The van der Waals surface area contributed by atoms with E-state index in [1.165, 1.54) is 0 Å². The van der Waals surface area contributed by atoms with Gasteiger partial charge in [0.05, 0.1) is 32.5 Å². The Morgan fingerprint density at radius 2 is 1.14 bits per heavy atom. The molecule has 0 bridgehead atoms. The van der Waals surface area contributed by atoms with Crippen LogP contribution >= 0.6 is 0 Å². The van der Waals surface area contributed by atoms with Crippen molar-refractivity contribution in [3.05, 3.63) is 108 Å². The number of piperidine rings is 1. The Hall–Kier alpha value is -3.27. The van der Waals surface area contributed by atoms with E-state index in [1.807, 2.05) is 91.0 Å². The lowest BCUT2D eigenvalue weighted by Gasteiger charge is -2.48. The van der Waals surface area contributed by atoms with Crippen LogP contribution in [0.2, 0.25) is 0 Å². The third-order valence-corrected chi connectivity index (χ3v) is 6.18. The minimum absolute atomic E-state index is 0.0599. The number of carboxylic acid groups (broad SMARTS) is 1. The maximum Gasteiger partial charge on any atom is 0.409 e. The average molecular weight is 494 g/mol. The molecule has 1 aliphatic rings. The second-order valence-electron chi connectivity index (χ2n) is 8.68. The first-order valence-electron chi connectivity index (χ1n) is 11.8. The van der Waals surface area contributed by atoms with Crippen LogP contribution < -0.4 is 0 Å². The Labute approximate surface area is 210 Å². The molecule has 36 heavy (non-hydrogen) atoms. The molecule has 8 heteroatoms. The summed E-state index contributed by atoms with van der Waals surface area (Å²) < 4.78 is 18.2. The summed E-state index contributed by atoms with van der Waals surface area (Å²) in [5.41, 5.74) is 2.68. The minimum atomic E-state index is -1.70. The topological polar surface area (TPSA) is 109 Å². The van der Waals surface area contributed by atoms with Crippen molar-refractivity contribution in [2.24, 2.45) is 0 Å². The van der Waals surface area contributed by atoms with E-state index in [0.29, 0.717) is 0 Å². The normalized spacial score (nSPS) is 23.9. The monoisotopic (exact) mass is 493 g/mol. The molecule has 1 amide bonds. The number of likely N-dealkylation sites (tertiary alicyclic amines) is 1. The smallest absolute Gasteiger partial charge is 0.409 e. The lowest BCUT2D eigenvalue weighted by molar-refractivity contribution is -0.242. The molecule has 3 aromatic carbocycles. The number of hydrogen-bond acceptors (Lipinski definition) is 6. The van der Waals surface area contributed by atoms with Crippen molar-refractivity contribution in [1.82, 2.24) is 4.90 Å². The third-order valence-electron chi connectivity index (χ3n) is 6.18. The fourth-order valence-electron chi connectivity index (χ4n) is 4.34. The van der Waals surface area contributed by atoms with Gasteiger partial charge in [-0.3, -0.25) is 4.90 Å². The molecular weight excluding hydrogens is 462 g/mol. The van der Waals surface area contributed by atoms with Crippen molar-refractivity contribution in [2.45, 2.75) is 50.4 Å². The van der Waals surface area contributed by atoms with E-state index in [9.17, 15) is 20.1 Å². The van der Waals surface area contributed by atoms with Gasteiger partial charge in [-0.25, -0.2) is 4.79 Å². The van der Waals surface area contributed by atoms with Crippen LogP contribution in [0.25, 0.3) is 0 Å². The van der Waals surface area contributed by atoms with Gasteiger partial charge in [0.2, 0.25) is 0 Å². The fraction of sp³-hybridized carbons (Fsp3) is 0.321. The Morgan fingerprint density at radius 3 is 1.61 bits per heavy atom. The van der Waals surface area contributed by atoms with E-state index in [-0.39, 0.29) is 26.4 Å². The molecule has 3 N–H and O–H groups in total. The fourth-order valence-corrected chi connectivity index (χ4v) is 4.34. The summed E-state index contributed by atoms with van der Waals surface area (Å²) in [7, 11) is 0. The quantitative estimate of drug-likeness (QED) is 0.397. The van der Waals surface area contributed by atoms with Crippen molar-refractivity contribution >= 4 is 6.09 Å². The van der Waals surface area contributed by atoms with Gasteiger partial charge in [0.1, 0.15) is 18.3 Å². The molecule has 0 aromatic heterocycles. The largest absolute Gasteiger partial charge is 0.465 e. The Balaban J connectivity index is 1.57. The van der Waals surface area contributed by atoms with Crippen LogP contribution in [0.4, 0.5) is 4.79 Å². The lowest BCUT2D eigenvalue weighted by Crippen LogP contribution is -2.69. The van der Waals surface area contributed by atoms with Crippen LogP contribution in [0.3, 0.4) is 0 Å². The molecule has 0 spiro atoms. The highest BCUT2D eigenvalue weighted by Crippen LogP contribution is 2.30. The van der Waals surface area contributed by atoms with Crippen LogP contribution in [0.5, 0.6) is 0 Å². The third kappa shape index (κ3) is 6.48. The minimum Gasteiger partial charge on any atom is -0.465 e. The number of aliphatic hydroxyl groups is 2. The molecule has 0 aliphatic carbocycles. The Bertz CT molecular complexity index is 1070. The van der Waals surface area contributed by atoms with Gasteiger partial charge in [-0.15, -0.1) is 0 Å². The lowest BCUT2D eigenvalue weighted by atomic mass is 9.92. The van der Waals surface area contributed by atoms with E-state index < -0.39 is 36.7 Å². The molecule has 190 valence electrons. The summed E-state index contributed by atoms with van der Waals surface area (Å²) in [5.74, 6) is 0. The van der Waals surface area contributed by atoms with Crippen LogP contribution in [-0.2, 0) is 34.0 Å². The van der Waals surface area contributed by atoms with E-state index in [4.69, 9.17) is 14.2 Å². The molecule has 8 nitrogen and oxygen atoms in total.